The molecule has 0 saturated heterocycles. The SMILES string of the molecule is CCC1c2ccsc2CCN1C(=O)c1ccc(Cn2ccccc2=O)o1. The predicted molar refractivity (Wildman–Crippen MR) is 101 cm³/mol. The van der Waals surface area contributed by atoms with Gasteiger partial charge in [-0.2, -0.15) is 0 Å². The van der Waals surface area contributed by atoms with E-state index in [1.807, 2.05) is 4.90 Å². The number of nitrogens with zero attached hydrogens (tertiary/aromatic N) is 2. The molecular weight excluding hydrogens is 348 g/mol. The van der Waals surface area contributed by atoms with Crippen LogP contribution in [0.4, 0.5) is 0 Å². The highest BCUT2D eigenvalue weighted by molar-refractivity contribution is 7.10. The number of furan rings is 1. The first-order valence-corrected chi connectivity index (χ1v) is 9.66. The number of carbonyl (C=O) groups excluding carboxylic acids is 1. The van der Waals surface area contributed by atoms with Gasteiger partial charge >= 0.3 is 0 Å². The predicted octanol–water partition coefficient (Wildman–Crippen LogP) is 3.70. The lowest BCUT2D eigenvalue weighted by atomic mass is 9.97. The Morgan fingerprint density at radius 1 is 1.27 bits per heavy atom. The molecular formula is C20H20N2O3S. The second-order valence-electron chi connectivity index (χ2n) is 6.40. The van der Waals surface area contributed by atoms with Crippen molar-refractivity contribution in [1.29, 1.82) is 0 Å². The van der Waals surface area contributed by atoms with E-state index in [4.69, 9.17) is 4.42 Å². The van der Waals surface area contributed by atoms with Crippen molar-refractivity contribution in [3.05, 3.63) is 80.3 Å². The molecule has 4 heterocycles. The third-order valence-electron chi connectivity index (χ3n) is 4.84. The highest BCUT2D eigenvalue weighted by atomic mass is 32.1. The van der Waals surface area contributed by atoms with Crippen molar-refractivity contribution in [2.24, 2.45) is 0 Å². The van der Waals surface area contributed by atoms with E-state index in [1.165, 1.54) is 16.5 Å². The topological polar surface area (TPSA) is 55.5 Å². The number of amides is 1. The van der Waals surface area contributed by atoms with Crippen LogP contribution >= 0.6 is 11.3 Å². The molecule has 6 heteroatoms. The van der Waals surface area contributed by atoms with E-state index in [9.17, 15) is 9.59 Å². The zero-order valence-electron chi connectivity index (χ0n) is 14.6. The highest BCUT2D eigenvalue weighted by Gasteiger charge is 2.32. The zero-order chi connectivity index (χ0) is 18.1. The van der Waals surface area contributed by atoms with Crippen LogP contribution in [0.2, 0.25) is 0 Å². The molecule has 1 atom stereocenters. The number of hydrogen-bond donors (Lipinski definition) is 0. The number of pyridine rings is 1. The minimum Gasteiger partial charge on any atom is -0.454 e. The molecule has 1 unspecified atom stereocenters. The lowest BCUT2D eigenvalue weighted by Crippen LogP contribution is -2.39. The van der Waals surface area contributed by atoms with Crippen LogP contribution in [0.1, 0.15) is 46.1 Å². The molecule has 0 saturated carbocycles. The maximum atomic E-state index is 13.0. The van der Waals surface area contributed by atoms with Gasteiger partial charge in [-0.05, 0) is 48.1 Å². The van der Waals surface area contributed by atoms with Gasteiger partial charge < -0.3 is 13.9 Å². The summed E-state index contributed by atoms with van der Waals surface area (Å²) >= 11 is 1.77. The largest absolute Gasteiger partial charge is 0.454 e. The Bertz CT molecular complexity index is 985. The fourth-order valence-corrected chi connectivity index (χ4v) is 4.49. The van der Waals surface area contributed by atoms with Crippen LogP contribution in [-0.4, -0.2) is 21.9 Å². The van der Waals surface area contributed by atoms with Gasteiger partial charge in [0.2, 0.25) is 0 Å². The molecule has 0 radical (unpaired) electrons. The summed E-state index contributed by atoms with van der Waals surface area (Å²) < 4.78 is 7.33. The van der Waals surface area contributed by atoms with E-state index in [0.717, 1.165) is 12.8 Å². The second-order valence-corrected chi connectivity index (χ2v) is 7.41. The smallest absolute Gasteiger partial charge is 0.290 e. The lowest BCUT2D eigenvalue weighted by Gasteiger charge is -2.34. The third kappa shape index (κ3) is 3.01. The Morgan fingerprint density at radius 3 is 2.96 bits per heavy atom. The second kappa shape index (κ2) is 6.96. The van der Waals surface area contributed by atoms with E-state index in [-0.39, 0.29) is 17.5 Å². The van der Waals surface area contributed by atoms with Crippen molar-refractivity contribution in [1.82, 2.24) is 9.47 Å². The third-order valence-corrected chi connectivity index (χ3v) is 5.84. The van der Waals surface area contributed by atoms with Crippen molar-refractivity contribution in [3.8, 4) is 0 Å². The molecule has 1 amide bonds. The van der Waals surface area contributed by atoms with Crippen LogP contribution < -0.4 is 5.56 Å². The minimum atomic E-state index is -0.0937. The number of aromatic nitrogens is 1. The van der Waals surface area contributed by atoms with Gasteiger partial charge in [-0.15, -0.1) is 11.3 Å². The van der Waals surface area contributed by atoms with Crippen LogP contribution in [0, 0.1) is 0 Å². The van der Waals surface area contributed by atoms with E-state index in [1.54, 1.807) is 46.4 Å². The maximum Gasteiger partial charge on any atom is 0.290 e. The highest BCUT2D eigenvalue weighted by Crippen LogP contribution is 2.36. The molecule has 26 heavy (non-hydrogen) atoms. The molecule has 3 aromatic heterocycles. The van der Waals surface area contributed by atoms with E-state index in [2.05, 4.69) is 18.4 Å². The van der Waals surface area contributed by atoms with Gasteiger partial charge in [-0.1, -0.05) is 13.0 Å². The fraction of sp³-hybridized carbons (Fsp3) is 0.300. The van der Waals surface area contributed by atoms with Crippen molar-refractivity contribution >= 4 is 17.2 Å². The van der Waals surface area contributed by atoms with Gasteiger partial charge in [-0.25, -0.2) is 0 Å². The number of hydrogen-bond acceptors (Lipinski definition) is 4. The van der Waals surface area contributed by atoms with Crippen molar-refractivity contribution < 1.29 is 9.21 Å². The first-order chi connectivity index (χ1) is 12.7. The molecule has 0 aliphatic carbocycles. The maximum absolute atomic E-state index is 13.0. The summed E-state index contributed by atoms with van der Waals surface area (Å²) in [6, 6.07) is 10.7. The summed E-state index contributed by atoms with van der Waals surface area (Å²) in [7, 11) is 0. The molecule has 1 aliphatic heterocycles. The van der Waals surface area contributed by atoms with Crippen LogP contribution in [0.25, 0.3) is 0 Å². The summed E-state index contributed by atoms with van der Waals surface area (Å²) in [5, 5.41) is 2.10. The monoisotopic (exact) mass is 368 g/mol. The Balaban J connectivity index is 1.55. The molecule has 0 fully saturated rings. The Hall–Kier alpha value is -2.60. The molecule has 0 aromatic carbocycles. The average Bonchev–Trinajstić information content (AvgIpc) is 3.31. The summed E-state index contributed by atoms with van der Waals surface area (Å²) in [6.45, 7) is 3.13. The molecule has 0 N–H and O–H groups in total. The Labute approximate surface area is 155 Å². The Morgan fingerprint density at radius 2 is 2.15 bits per heavy atom. The normalized spacial score (nSPS) is 16.5. The number of thiophene rings is 1. The molecule has 4 rings (SSSR count). The van der Waals surface area contributed by atoms with Gasteiger partial charge in [0.15, 0.2) is 5.76 Å². The first-order valence-electron chi connectivity index (χ1n) is 8.78. The molecule has 0 spiro atoms. The van der Waals surface area contributed by atoms with Gasteiger partial charge in [0.25, 0.3) is 11.5 Å². The number of rotatable bonds is 4. The van der Waals surface area contributed by atoms with Crippen molar-refractivity contribution in [2.75, 3.05) is 6.54 Å². The van der Waals surface area contributed by atoms with Crippen LogP contribution in [0.15, 0.2) is 57.2 Å². The zero-order valence-corrected chi connectivity index (χ0v) is 15.4. The lowest BCUT2D eigenvalue weighted by molar-refractivity contribution is 0.0622. The fourth-order valence-electron chi connectivity index (χ4n) is 3.56. The summed E-state index contributed by atoms with van der Waals surface area (Å²) in [6.07, 6.45) is 3.48. The molecule has 5 nitrogen and oxygen atoms in total. The van der Waals surface area contributed by atoms with Gasteiger partial charge in [-0.3, -0.25) is 9.59 Å². The van der Waals surface area contributed by atoms with E-state index in [0.29, 0.717) is 24.6 Å². The summed E-state index contributed by atoms with van der Waals surface area (Å²) in [4.78, 5) is 28.1. The Kier molecular flexibility index (Phi) is 4.51. The average molecular weight is 368 g/mol. The van der Waals surface area contributed by atoms with Gasteiger partial charge in [0.05, 0.1) is 12.6 Å². The van der Waals surface area contributed by atoms with Gasteiger partial charge in [0, 0.05) is 23.7 Å². The van der Waals surface area contributed by atoms with E-state index < -0.39 is 0 Å². The van der Waals surface area contributed by atoms with Crippen molar-refractivity contribution in [2.45, 2.75) is 32.4 Å². The number of fused-ring (bicyclic) bond motifs is 1. The van der Waals surface area contributed by atoms with Crippen LogP contribution in [0.5, 0.6) is 0 Å². The standard InChI is InChI=1S/C20H20N2O3S/c1-2-16-15-9-12-26-18(15)8-11-22(16)20(24)17-7-6-14(25-17)13-21-10-4-3-5-19(21)23/h3-7,9-10,12,16H,2,8,11,13H2,1H3. The van der Waals surface area contributed by atoms with E-state index >= 15 is 0 Å². The molecule has 0 bridgehead atoms. The minimum absolute atomic E-state index is 0.0830. The number of carbonyl (C=O) groups is 1. The van der Waals surface area contributed by atoms with Crippen molar-refractivity contribution in [3.63, 3.8) is 0 Å². The summed E-state index contributed by atoms with van der Waals surface area (Å²) in [5.41, 5.74) is 1.17. The molecule has 3 aromatic rings. The first kappa shape index (κ1) is 16.8. The molecule has 1 aliphatic rings. The molecule has 134 valence electrons. The quantitative estimate of drug-likeness (QED) is 0.706. The van der Waals surface area contributed by atoms with Crippen LogP contribution in [0.3, 0.4) is 0 Å². The summed E-state index contributed by atoms with van der Waals surface area (Å²) in [5.74, 6) is 0.851. The van der Waals surface area contributed by atoms with Gasteiger partial charge in [0.1, 0.15) is 5.76 Å². The van der Waals surface area contributed by atoms with Crippen LogP contribution in [-0.2, 0) is 13.0 Å².